The first kappa shape index (κ1) is 22.1. The molecule has 2 aromatic heterocycles. The van der Waals surface area contributed by atoms with Gasteiger partial charge in [-0.2, -0.15) is 0 Å². The standard InChI is InChI=1S/C28H25N5O3/c34-27-17-28(32-12-14-35-15-13-32)29-25-11-6-21(16-24(25)27)26-18-33(31-30-26)22-7-9-23(10-8-22)36-19-20-4-2-1-3-5-20/h1-11,16-18H,12-15,19H2,(H,29,34). The van der Waals surface area contributed by atoms with Crippen molar-refractivity contribution in [3.05, 3.63) is 101 Å². The van der Waals surface area contributed by atoms with Gasteiger partial charge in [-0.05, 0) is 42.0 Å². The van der Waals surface area contributed by atoms with Gasteiger partial charge >= 0.3 is 0 Å². The van der Waals surface area contributed by atoms with E-state index in [2.05, 4.69) is 20.2 Å². The SMILES string of the molecule is O=c1cc(N2CCOCC2)[nH]c2ccc(-c3cn(-c4ccc(OCc5ccccc5)cc4)nn3)cc12. The summed E-state index contributed by atoms with van der Waals surface area (Å²) in [6.07, 6.45) is 1.86. The number of benzene rings is 3. The molecule has 5 aromatic rings. The number of anilines is 1. The molecule has 3 heterocycles. The summed E-state index contributed by atoms with van der Waals surface area (Å²) in [6, 6.07) is 25.2. The van der Waals surface area contributed by atoms with E-state index in [1.54, 1.807) is 10.7 Å². The lowest BCUT2D eigenvalue weighted by Gasteiger charge is -2.28. The van der Waals surface area contributed by atoms with E-state index in [1.807, 2.05) is 79.0 Å². The predicted molar refractivity (Wildman–Crippen MR) is 139 cm³/mol. The van der Waals surface area contributed by atoms with Crippen LogP contribution in [0.15, 0.2) is 89.9 Å². The quantitative estimate of drug-likeness (QED) is 0.393. The van der Waals surface area contributed by atoms with E-state index < -0.39 is 0 Å². The average molecular weight is 480 g/mol. The zero-order valence-corrected chi connectivity index (χ0v) is 19.6. The third-order valence-corrected chi connectivity index (χ3v) is 6.31. The third kappa shape index (κ3) is 4.58. The number of pyridine rings is 1. The van der Waals surface area contributed by atoms with Crippen LogP contribution in [0.1, 0.15) is 5.56 Å². The van der Waals surface area contributed by atoms with Crippen LogP contribution in [0.2, 0.25) is 0 Å². The molecule has 1 aliphatic rings. The van der Waals surface area contributed by atoms with Crippen molar-refractivity contribution in [3.63, 3.8) is 0 Å². The molecule has 0 radical (unpaired) electrons. The molecule has 0 unspecified atom stereocenters. The Hall–Kier alpha value is -4.43. The molecule has 1 saturated heterocycles. The molecule has 36 heavy (non-hydrogen) atoms. The molecule has 3 aromatic carbocycles. The van der Waals surface area contributed by atoms with E-state index in [9.17, 15) is 4.79 Å². The van der Waals surface area contributed by atoms with Gasteiger partial charge in [0.25, 0.3) is 0 Å². The molecule has 180 valence electrons. The first-order valence-corrected chi connectivity index (χ1v) is 11.9. The Bertz CT molecular complexity index is 1540. The monoisotopic (exact) mass is 479 g/mol. The Morgan fingerprint density at radius 2 is 1.75 bits per heavy atom. The summed E-state index contributed by atoms with van der Waals surface area (Å²) in [5.41, 5.74) is 4.29. The van der Waals surface area contributed by atoms with Crippen molar-refractivity contribution in [3.8, 4) is 22.7 Å². The highest BCUT2D eigenvalue weighted by atomic mass is 16.5. The van der Waals surface area contributed by atoms with Crippen molar-refractivity contribution in [2.45, 2.75) is 6.61 Å². The smallest absolute Gasteiger partial charge is 0.191 e. The predicted octanol–water partition coefficient (Wildman–Crippen LogP) is 4.19. The van der Waals surface area contributed by atoms with Gasteiger partial charge in [0.05, 0.1) is 30.6 Å². The number of nitrogens with one attached hydrogen (secondary N) is 1. The van der Waals surface area contributed by atoms with E-state index >= 15 is 0 Å². The van der Waals surface area contributed by atoms with Gasteiger partial charge in [-0.25, -0.2) is 4.68 Å². The number of H-pyrrole nitrogens is 1. The van der Waals surface area contributed by atoms with Crippen molar-refractivity contribution in [1.29, 1.82) is 0 Å². The van der Waals surface area contributed by atoms with Gasteiger partial charge < -0.3 is 19.4 Å². The maximum absolute atomic E-state index is 12.9. The molecule has 6 rings (SSSR count). The second-order valence-corrected chi connectivity index (χ2v) is 8.70. The number of fused-ring (bicyclic) bond motifs is 1. The first-order valence-electron chi connectivity index (χ1n) is 11.9. The van der Waals surface area contributed by atoms with Crippen molar-refractivity contribution in [1.82, 2.24) is 20.0 Å². The highest BCUT2D eigenvalue weighted by Crippen LogP contribution is 2.24. The summed E-state index contributed by atoms with van der Waals surface area (Å²) in [7, 11) is 0. The summed E-state index contributed by atoms with van der Waals surface area (Å²) >= 11 is 0. The summed E-state index contributed by atoms with van der Waals surface area (Å²) in [5.74, 6) is 1.61. The minimum atomic E-state index is -0.0226. The van der Waals surface area contributed by atoms with Crippen LogP contribution in [0.4, 0.5) is 5.82 Å². The van der Waals surface area contributed by atoms with Gasteiger partial charge in [0.1, 0.15) is 23.9 Å². The lowest BCUT2D eigenvalue weighted by molar-refractivity contribution is 0.122. The van der Waals surface area contributed by atoms with Crippen LogP contribution in [0.3, 0.4) is 0 Å². The van der Waals surface area contributed by atoms with Gasteiger partial charge in [-0.1, -0.05) is 41.6 Å². The molecule has 0 amide bonds. The Morgan fingerprint density at radius 1 is 0.944 bits per heavy atom. The van der Waals surface area contributed by atoms with Crippen molar-refractivity contribution >= 4 is 16.7 Å². The highest BCUT2D eigenvalue weighted by Gasteiger charge is 2.14. The molecule has 1 aliphatic heterocycles. The summed E-state index contributed by atoms with van der Waals surface area (Å²) in [4.78, 5) is 18.4. The van der Waals surface area contributed by atoms with E-state index in [4.69, 9.17) is 9.47 Å². The van der Waals surface area contributed by atoms with Crippen LogP contribution in [0.25, 0.3) is 27.8 Å². The lowest BCUT2D eigenvalue weighted by atomic mass is 10.1. The fourth-order valence-corrected chi connectivity index (χ4v) is 4.33. The van der Waals surface area contributed by atoms with Crippen LogP contribution >= 0.6 is 0 Å². The average Bonchev–Trinajstić information content (AvgIpc) is 3.43. The normalized spacial score (nSPS) is 13.7. The second kappa shape index (κ2) is 9.67. The third-order valence-electron chi connectivity index (χ3n) is 6.31. The number of aromatic amines is 1. The van der Waals surface area contributed by atoms with E-state index in [0.717, 1.165) is 47.0 Å². The van der Waals surface area contributed by atoms with Crippen LogP contribution < -0.4 is 15.1 Å². The number of ether oxygens (including phenoxy) is 2. The van der Waals surface area contributed by atoms with Crippen LogP contribution in [-0.2, 0) is 11.3 Å². The molecule has 1 N–H and O–H groups in total. The minimum Gasteiger partial charge on any atom is -0.489 e. The van der Waals surface area contributed by atoms with Crippen LogP contribution in [-0.4, -0.2) is 46.3 Å². The van der Waals surface area contributed by atoms with Gasteiger partial charge in [-0.15, -0.1) is 5.10 Å². The molecule has 0 spiro atoms. The van der Waals surface area contributed by atoms with Crippen LogP contribution in [0.5, 0.6) is 5.75 Å². The lowest BCUT2D eigenvalue weighted by Crippen LogP contribution is -2.37. The Morgan fingerprint density at radius 3 is 2.56 bits per heavy atom. The number of morpholine rings is 1. The number of hydrogen-bond donors (Lipinski definition) is 1. The van der Waals surface area contributed by atoms with Gasteiger partial charge in [-0.3, -0.25) is 4.79 Å². The van der Waals surface area contributed by atoms with Crippen molar-refractivity contribution in [2.75, 3.05) is 31.2 Å². The maximum Gasteiger partial charge on any atom is 0.191 e. The first-order chi connectivity index (χ1) is 17.7. The van der Waals surface area contributed by atoms with Gasteiger partial charge in [0.2, 0.25) is 0 Å². The number of aromatic nitrogens is 4. The van der Waals surface area contributed by atoms with Crippen LogP contribution in [0, 0.1) is 0 Å². The van der Waals surface area contributed by atoms with Gasteiger partial charge in [0.15, 0.2) is 5.43 Å². The molecular formula is C28H25N5O3. The zero-order chi connectivity index (χ0) is 24.3. The number of nitrogens with zero attached hydrogens (tertiary/aromatic N) is 4. The van der Waals surface area contributed by atoms with Crippen molar-refractivity contribution in [2.24, 2.45) is 0 Å². The molecule has 0 aliphatic carbocycles. The molecule has 0 bridgehead atoms. The zero-order valence-electron chi connectivity index (χ0n) is 19.6. The highest BCUT2D eigenvalue weighted by molar-refractivity contribution is 5.85. The fraction of sp³-hybridized carbons (Fsp3) is 0.179. The van der Waals surface area contributed by atoms with E-state index in [0.29, 0.717) is 30.9 Å². The summed E-state index contributed by atoms with van der Waals surface area (Å²) < 4.78 is 13.0. The van der Waals surface area contributed by atoms with Crippen molar-refractivity contribution < 1.29 is 9.47 Å². The number of rotatable bonds is 6. The van der Waals surface area contributed by atoms with E-state index in [1.165, 1.54) is 0 Å². The molecule has 1 fully saturated rings. The molecule has 8 heteroatoms. The Balaban J connectivity index is 1.20. The second-order valence-electron chi connectivity index (χ2n) is 8.70. The summed E-state index contributed by atoms with van der Waals surface area (Å²) in [6.45, 7) is 3.38. The molecular weight excluding hydrogens is 454 g/mol. The van der Waals surface area contributed by atoms with Gasteiger partial charge in [0, 0.05) is 30.1 Å². The Labute approximate surface area is 207 Å². The topological polar surface area (TPSA) is 85.3 Å². The maximum atomic E-state index is 12.9. The minimum absolute atomic E-state index is 0.0226. The molecule has 0 atom stereocenters. The number of hydrogen-bond acceptors (Lipinski definition) is 6. The molecule has 0 saturated carbocycles. The van der Waals surface area contributed by atoms with E-state index in [-0.39, 0.29) is 5.43 Å². The fourth-order valence-electron chi connectivity index (χ4n) is 4.33. The Kier molecular flexibility index (Phi) is 5.93. The largest absolute Gasteiger partial charge is 0.489 e. The molecule has 8 nitrogen and oxygen atoms in total. The summed E-state index contributed by atoms with van der Waals surface area (Å²) in [5, 5.41) is 9.25.